The highest BCUT2D eigenvalue weighted by atomic mass is 32.1. The highest BCUT2D eigenvalue weighted by Crippen LogP contribution is 2.22. The zero-order valence-corrected chi connectivity index (χ0v) is 78.3. The predicted octanol–water partition coefficient (Wildman–Crippen LogP) is -9.21. The number of unbranched alkanes of at least 4 members (excludes halogenated alkanes) is 2. The van der Waals surface area contributed by atoms with Crippen molar-refractivity contribution in [2.75, 3.05) is 51.0 Å². The van der Waals surface area contributed by atoms with Gasteiger partial charge in [-0.2, -0.15) is 25.3 Å². The first kappa shape index (κ1) is 119. The Balaban J connectivity index is 1.86. The molecular formula is C85H131N23O28S2. The SMILES string of the molecule is CC(C)C[C@H](NC(=O)[C@@H](NC(=O)[C@H](CC(N)=O)NC(=O)[C@H](CO)NC(=O)[C@H](CO)NC(=O)[C@H](CC(=O)O)NC(=O)[C@H](CC(=O)O)NNC(=O)C(Cc1ccccc1)CC(O)C(Cc1ccc(O)cc1)NC(=O)N[C@@H](CS)C(N)=O)C(C)C)C(=O)N[C@@H](CS)C(=O)NC(CCCCN)C(=O)N[C@@H](CCCCN)C(=O)NC(Cc1ccc(O)cc1)C(=O)N[C@@H](CCCNC(=N)N)C(=O)NC(CO)C(=O)O. The van der Waals surface area contributed by atoms with Crippen molar-refractivity contribution < 1.29 is 137 Å². The molecule has 0 aromatic heterocycles. The summed E-state index contributed by atoms with van der Waals surface area (Å²) in [6.07, 6.45) is -5.78. The van der Waals surface area contributed by atoms with Crippen LogP contribution >= 0.6 is 25.3 Å². The van der Waals surface area contributed by atoms with E-state index in [0.29, 0.717) is 29.5 Å². The van der Waals surface area contributed by atoms with Crippen molar-refractivity contribution in [2.45, 2.75) is 227 Å². The number of nitrogens with two attached hydrogens (primary N) is 5. The van der Waals surface area contributed by atoms with Crippen LogP contribution in [-0.2, 0) is 106 Å². The number of carbonyl (C=O) groups is 19. The number of nitrogens with one attached hydrogen (secondary N) is 18. The van der Waals surface area contributed by atoms with Crippen LogP contribution in [0.15, 0.2) is 78.9 Å². The molecule has 0 aliphatic rings. The van der Waals surface area contributed by atoms with Crippen molar-refractivity contribution in [3.05, 3.63) is 95.6 Å². The van der Waals surface area contributed by atoms with E-state index >= 15 is 0 Å². The molecule has 0 spiro atoms. The molecule has 53 heteroatoms. The quantitative estimate of drug-likeness (QED) is 0.00820. The molecule has 0 saturated heterocycles. The molecule has 17 atom stereocenters. The minimum absolute atomic E-state index is 0.0129. The minimum Gasteiger partial charge on any atom is -0.508 e. The monoisotopic (exact) mass is 1990 g/mol. The lowest BCUT2D eigenvalue weighted by Gasteiger charge is -2.29. The number of hydrazine groups is 1. The number of primary amides is 2. The first-order chi connectivity index (χ1) is 65.2. The van der Waals surface area contributed by atoms with Gasteiger partial charge in [0.05, 0.1) is 51.2 Å². The first-order valence-corrected chi connectivity index (χ1v) is 45.3. The third-order valence-corrected chi connectivity index (χ3v) is 21.7. The number of thiol groups is 2. The number of hydrogen-bond acceptors (Lipinski definition) is 31. The molecule has 3 aromatic carbocycles. The molecule has 3 aromatic rings. The molecule has 17 amide bonds. The summed E-state index contributed by atoms with van der Waals surface area (Å²) in [6, 6.07) is -7.70. The molecule has 0 aliphatic carbocycles. The van der Waals surface area contributed by atoms with Gasteiger partial charge in [0.25, 0.3) is 0 Å². The fourth-order valence-electron chi connectivity index (χ4n) is 13.5. The Kier molecular flexibility index (Phi) is 53.8. The number of guanidine groups is 1. The second-order valence-corrected chi connectivity index (χ2v) is 33.7. The van der Waals surface area contributed by atoms with Gasteiger partial charge < -0.3 is 154 Å². The topological polar surface area (TPSA) is 865 Å². The summed E-state index contributed by atoms with van der Waals surface area (Å²) in [4.78, 5) is 259. The lowest BCUT2D eigenvalue weighted by Crippen LogP contribution is -2.62. The lowest BCUT2D eigenvalue weighted by molar-refractivity contribution is -0.143. The van der Waals surface area contributed by atoms with Gasteiger partial charge in [-0.05, 0) is 143 Å². The van der Waals surface area contributed by atoms with Gasteiger partial charge in [-0.15, -0.1) is 0 Å². The molecule has 0 bridgehead atoms. The number of hydrogen-bond donors (Lipinski definition) is 34. The summed E-state index contributed by atoms with van der Waals surface area (Å²) < 4.78 is 0. The van der Waals surface area contributed by atoms with Crippen LogP contribution in [-0.4, -0.2) is 312 Å². The molecule has 0 aliphatic heterocycles. The number of carboxylic acids is 3. The number of benzene rings is 3. The number of aromatic hydroxyl groups is 2. The average molecular weight is 1990 g/mol. The Morgan fingerprint density at radius 2 is 0.768 bits per heavy atom. The summed E-state index contributed by atoms with van der Waals surface area (Å²) in [5, 5.41) is 135. The smallest absolute Gasteiger partial charge is 0.328 e. The summed E-state index contributed by atoms with van der Waals surface area (Å²) in [5.41, 5.74) is 33.7. The number of carboxylic acid groups (broad SMARTS) is 3. The summed E-state index contributed by atoms with van der Waals surface area (Å²) >= 11 is 8.34. The number of aliphatic hydroxyl groups excluding tert-OH is 4. The number of aliphatic hydroxyl groups is 4. The summed E-state index contributed by atoms with van der Waals surface area (Å²) in [6.45, 7) is 2.70. The fraction of sp³-hybridized carbons (Fsp3) is 0.553. The molecule has 6 unspecified atom stereocenters. The second kappa shape index (κ2) is 62.4. The van der Waals surface area contributed by atoms with E-state index in [9.17, 15) is 137 Å². The Morgan fingerprint density at radius 3 is 1.21 bits per heavy atom. The Bertz CT molecular complexity index is 4570. The molecule has 0 radical (unpaired) electrons. The van der Waals surface area contributed by atoms with Crippen molar-refractivity contribution in [2.24, 2.45) is 46.4 Å². The van der Waals surface area contributed by atoms with Crippen LogP contribution in [0.5, 0.6) is 11.5 Å². The normalized spacial score (nSPS) is 14.8. The van der Waals surface area contributed by atoms with Crippen LogP contribution in [0, 0.1) is 23.2 Å². The van der Waals surface area contributed by atoms with Gasteiger partial charge in [0.2, 0.25) is 88.6 Å². The van der Waals surface area contributed by atoms with Crippen LogP contribution in [0.2, 0.25) is 0 Å². The van der Waals surface area contributed by atoms with Gasteiger partial charge in [-0.3, -0.25) is 92.3 Å². The molecule has 51 nitrogen and oxygen atoms in total. The highest BCUT2D eigenvalue weighted by Gasteiger charge is 2.41. The maximum Gasteiger partial charge on any atom is 0.328 e. The van der Waals surface area contributed by atoms with Crippen molar-refractivity contribution >= 4 is 144 Å². The van der Waals surface area contributed by atoms with Crippen molar-refractivity contribution in [1.82, 2.24) is 90.6 Å². The number of carbonyl (C=O) groups excluding carboxylic acids is 16. The van der Waals surface area contributed by atoms with Crippen molar-refractivity contribution in [1.29, 1.82) is 5.41 Å². The molecule has 0 heterocycles. The van der Waals surface area contributed by atoms with E-state index in [4.69, 9.17) is 34.1 Å². The standard InChI is InChI=1S/C85H131N23O28S2/c1-42(2)29-54(74(125)103-63(41-138)81(132)95-50(15-8-10-26-86)71(122)93-51(16-9-11-27-87)72(123)96-55(32-46-20-24-49(113)25-21-46)75(126)94-52(17-12-28-92-84(90)91)73(124)102-61(39-111)83(134)135)99-82(133)68(43(3)4)106-77(128)56(34-65(88)115)97-79(130)59(37-109)101-80(131)60(38-110)100-76(127)57(35-66(116)117)98-78(129)58(36-67(118)119)107-108-70(121)47(30-44-13-6-5-7-14-44)33-64(114)53(31-45-18-22-48(112)23-19-45)104-85(136)105-62(40-137)69(89)120/h5-7,13-14,18-25,42-43,47,50-64,68,107,109-114,137-138H,8-12,15-17,26-41,86-87H2,1-4H3,(H2,88,115)(H2,89,120)(H,93,122)(H,94,126)(H,95,132)(H,96,123)(H,97,130)(H,98,129)(H,99,133)(H,100,127)(H,101,131)(H,102,124)(H,103,125)(H,106,128)(H,108,121)(H,116,117)(H,118,119)(H,134,135)(H4,90,91,92)(H2,104,105,136)/t47?,50?,51-,52-,53?,54-,55?,56-,57-,58-,59-,60-,61?,62-,63-,64?,68-/m0/s1. The lowest BCUT2D eigenvalue weighted by atomic mass is 9.89. The van der Waals surface area contributed by atoms with Crippen LogP contribution < -0.4 is 119 Å². The van der Waals surface area contributed by atoms with E-state index in [1.165, 1.54) is 62.4 Å². The molecule has 0 fully saturated rings. The van der Waals surface area contributed by atoms with Crippen LogP contribution in [0.3, 0.4) is 0 Å². The van der Waals surface area contributed by atoms with E-state index in [1.54, 1.807) is 44.2 Å². The number of amides is 17. The third kappa shape index (κ3) is 44.2. The van der Waals surface area contributed by atoms with Gasteiger partial charge in [0.15, 0.2) is 5.96 Å². The summed E-state index contributed by atoms with van der Waals surface area (Å²) in [7, 11) is 0. The zero-order valence-electron chi connectivity index (χ0n) is 76.5. The molecule has 37 N–H and O–H groups in total. The van der Waals surface area contributed by atoms with E-state index in [1.807, 2.05) is 16.0 Å². The van der Waals surface area contributed by atoms with E-state index in [2.05, 4.69) is 99.9 Å². The number of aliphatic carboxylic acids is 3. The van der Waals surface area contributed by atoms with Crippen LogP contribution in [0.25, 0.3) is 0 Å². The van der Waals surface area contributed by atoms with Crippen molar-refractivity contribution in [3.8, 4) is 11.5 Å². The van der Waals surface area contributed by atoms with E-state index in [0.717, 1.165) is 0 Å². The Morgan fingerprint density at radius 1 is 0.384 bits per heavy atom. The Labute approximate surface area is 804 Å². The third-order valence-electron chi connectivity index (χ3n) is 21.0. The van der Waals surface area contributed by atoms with E-state index < -0.39 is 284 Å². The van der Waals surface area contributed by atoms with E-state index in [-0.39, 0.29) is 101 Å². The molecule has 0 saturated carbocycles. The predicted molar refractivity (Wildman–Crippen MR) is 499 cm³/mol. The maximum absolute atomic E-state index is 14.6. The maximum atomic E-state index is 14.6. The largest absolute Gasteiger partial charge is 0.508 e. The van der Waals surface area contributed by atoms with Crippen LogP contribution in [0.1, 0.15) is 128 Å². The summed E-state index contributed by atoms with van der Waals surface area (Å²) in [5.74, 6) is -26.7. The second-order valence-electron chi connectivity index (χ2n) is 33.0. The van der Waals surface area contributed by atoms with Gasteiger partial charge in [0, 0.05) is 30.4 Å². The van der Waals surface area contributed by atoms with Gasteiger partial charge in [0.1, 0.15) is 96.1 Å². The fourth-order valence-corrected chi connectivity index (χ4v) is 14.0. The first-order valence-electron chi connectivity index (χ1n) is 44.0. The molecular weight excluding hydrogens is 1860 g/mol. The zero-order chi connectivity index (χ0) is 104. The number of phenolic OH excluding ortho intramolecular Hbond substituents is 2. The van der Waals surface area contributed by atoms with Crippen LogP contribution in [0.4, 0.5) is 4.79 Å². The Hall–Kier alpha value is -13.3. The van der Waals surface area contributed by atoms with Crippen molar-refractivity contribution in [3.63, 3.8) is 0 Å². The number of phenols is 2. The number of rotatable bonds is 66. The minimum atomic E-state index is -2.25. The molecule has 3 rings (SSSR count). The van der Waals surface area contributed by atoms with Gasteiger partial charge >= 0.3 is 23.9 Å². The molecule has 138 heavy (non-hydrogen) atoms. The van der Waals surface area contributed by atoms with Gasteiger partial charge in [-0.25, -0.2) is 15.0 Å². The van der Waals surface area contributed by atoms with Gasteiger partial charge in [-0.1, -0.05) is 82.3 Å². The average Bonchev–Trinajstić information content (AvgIpc) is 0.849. The highest BCUT2D eigenvalue weighted by molar-refractivity contribution is 7.80. The number of urea groups is 1. The molecule has 766 valence electrons.